The SMILES string of the molecule is CNC(c1ccc(OC)cc1Br)C(C)(C)c1ccccc1. The molecule has 2 aromatic carbocycles. The average molecular weight is 348 g/mol. The standard InChI is InChI=1S/C18H22BrNO/c1-18(2,13-8-6-5-7-9-13)17(20-3)15-11-10-14(21-4)12-16(15)19/h5-12,17,20H,1-4H3. The number of hydrogen-bond acceptors (Lipinski definition) is 2. The number of ether oxygens (including phenoxy) is 1. The summed E-state index contributed by atoms with van der Waals surface area (Å²) in [6, 6.07) is 16.9. The van der Waals surface area contributed by atoms with Gasteiger partial charge in [0.05, 0.1) is 7.11 Å². The van der Waals surface area contributed by atoms with Crippen LogP contribution in [0.2, 0.25) is 0 Å². The summed E-state index contributed by atoms with van der Waals surface area (Å²) < 4.78 is 6.34. The highest BCUT2D eigenvalue weighted by molar-refractivity contribution is 9.10. The number of halogens is 1. The minimum atomic E-state index is -0.0346. The van der Waals surface area contributed by atoms with Crippen LogP contribution in [-0.2, 0) is 5.41 Å². The Morgan fingerprint density at radius 2 is 1.76 bits per heavy atom. The van der Waals surface area contributed by atoms with E-state index in [4.69, 9.17) is 4.74 Å². The number of rotatable bonds is 5. The first-order chi connectivity index (χ1) is 10.0. The van der Waals surface area contributed by atoms with Crippen molar-refractivity contribution >= 4 is 15.9 Å². The largest absolute Gasteiger partial charge is 0.497 e. The van der Waals surface area contributed by atoms with Crippen molar-refractivity contribution in [1.82, 2.24) is 5.32 Å². The van der Waals surface area contributed by atoms with Crippen LogP contribution in [0.25, 0.3) is 0 Å². The Hall–Kier alpha value is -1.32. The fraction of sp³-hybridized carbons (Fsp3) is 0.333. The summed E-state index contributed by atoms with van der Waals surface area (Å²) in [4.78, 5) is 0. The lowest BCUT2D eigenvalue weighted by molar-refractivity contribution is 0.366. The molecule has 0 fully saturated rings. The number of hydrogen-bond donors (Lipinski definition) is 1. The topological polar surface area (TPSA) is 21.3 Å². The third-order valence-corrected chi connectivity index (χ3v) is 4.73. The summed E-state index contributed by atoms with van der Waals surface area (Å²) in [7, 11) is 3.69. The normalized spacial score (nSPS) is 13.0. The second kappa shape index (κ2) is 6.63. The Morgan fingerprint density at radius 3 is 2.29 bits per heavy atom. The van der Waals surface area contributed by atoms with Gasteiger partial charge in [0.2, 0.25) is 0 Å². The van der Waals surface area contributed by atoms with Crippen LogP contribution in [0.15, 0.2) is 53.0 Å². The van der Waals surface area contributed by atoms with E-state index in [-0.39, 0.29) is 11.5 Å². The fourth-order valence-corrected chi connectivity index (χ4v) is 3.40. The van der Waals surface area contributed by atoms with Gasteiger partial charge in [0.1, 0.15) is 5.75 Å². The van der Waals surface area contributed by atoms with Crippen LogP contribution in [0.4, 0.5) is 0 Å². The molecule has 0 bridgehead atoms. The average Bonchev–Trinajstić information content (AvgIpc) is 2.50. The summed E-state index contributed by atoms with van der Waals surface area (Å²) in [6.07, 6.45) is 0. The molecule has 2 nitrogen and oxygen atoms in total. The molecule has 1 unspecified atom stereocenters. The van der Waals surface area contributed by atoms with Crippen LogP contribution < -0.4 is 10.1 Å². The van der Waals surface area contributed by atoms with E-state index in [0.717, 1.165) is 10.2 Å². The van der Waals surface area contributed by atoms with E-state index in [0.29, 0.717) is 0 Å². The third kappa shape index (κ3) is 3.30. The predicted octanol–water partition coefficient (Wildman–Crippen LogP) is 4.70. The van der Waals surface area contributed by atoms with Crippen LogP contribution in [-0.4, -0.2) is 14.2 Å². The number of nitrogens with one attached hydrogen (secondary N) is 1. The molecule has 3 heteroatoms. The Morgan fingerprint density at radius 1 is 1.10 bits per heavy atom. The zero-order valence-corrected chi connectivity index (χ0v) is 14.6. The molecule has 0 saturated heterocycles. The summed E-state index contributed by atoms with van der Waals surface area (Å²) in [5.41, 5.74) is 2.51. The maximum atomic E-state index is 5.28. The first-order valence-electron chi connectivity index (χ1n) is 7.07. The van der Waals surface area contributed by atoms with Gasteiger partial charge in [0, 0.05) is 15.9 Å². The molecule has 112 valence electrons. The van der Waals surface area contributed by atoms with Crippen molar-refractivity contribution in [3.05, 3.63) is 64.1 Å². The van der Waals surface area contributed by atoms with Crippen molar-refractivity contribution in [3.8, 4) is 5.75 Å². The molecule has 0 aliphatic rings. The maximum Gasteiger partial charge on any atom is 0.120 e. The summed E-state index contributed by atoms with van der Waals surface area (Å²) >= 11 is 3.67. The lowest BCUT2D eigenvalue weighted by Gasteiger charge is -2.36. The first kappa shape index (κ1) is 16.1. The molecule has 1 atom stereocenters. The Bertz CT molecular complexity index is 595. The Kier molecular flexibility index (Phi) is 5.07. The Balaban J connectivity index is 2.44. The van der Waals surface area contributed by atoms with E-state index < -0.39 is 0 Å². The van der Waals surface area contributed by atoms with Gasteiger partial charge in [-0.25, -0.2) is 0 Å². The quantitative estimate of drug-likeness (QED) is 0.846. The van der Waals surface area contributed by atoms with Gasteiger partial charge in [-0.15, -0.1) is 0 Å². The van der Waals surface area contributed by atoms with E-state index in [1.54, 1.807) is 7.11 Å². The van der Waals surface area contributed by atoms with Crippen LogP contribution in [0.1, 0.15) is 31.0 Å². The van der Waals surface area contributed by atoms with Crippen molar-refractivity contribution in [2.75, 3.05) is 14.2 Å². The summed E-state index contributed by atoms with van der Waals surface area (Å²) in [5.74, 6) is 0.859. The zero-order valence-electron chi connectivity index (χ0n) is 13.0. The predicted molar refractivity (Wildman–Crippen MR) is 92.0 cm³/mol. The molecular formula is C18H22BrNO. The molecule has 21 heavy (non-hydrogen) atoms. The van der Waals surface area contributed by atoms with Crippen LogP contribution in [0.5, 0.6) is 5.75 Å². The van der Waals surface area contributed by atoms with Gasteiger partial charge in [-0.1, -0.05) is 66.2 Å². The molecule has 0 aliphatic carbocycles. The van der Waals surface area contributed by atoms with Gasteiger partial charge in [-0.2, -0.15) is 0 Å². The van der Waals surface area contributed by atoms with Gasteiger partial charge in [0.25, 0.3) is 0 Å². The molecule has 0 amide bonds. The summed E-state index contributed by atoms with van der Waals surface area (Å²) in [5, 5.41) is 3.46. The van der Waals surface area contributed by atoms with Gasteiger partial charge in [-0.3, -0.25) is 0 Å². The highest BCUT2D eigenvalue weighted by Crippen LogP contribution is 2.40. The van der Waals surface area contributed by atoms with Gasteiger partial charge >= 0.3 is 0 Å². The second-order valence-corrected chi connectivity index (χ2v) is 6.55. The van der Waals surface area contributed by atoms with Crippen LogP contribution in [0.3, 0.4) is 0 Å². The molecule has 1 N–H and O–H groups in total. The smallest absolute Gasteiger partial charge is 0.120 e. The minimum absolute atomic E-state index is 0.0346. The highest BCUT2D eigenvalue weighted by Gasteiger charge is 2.32. The molecule has 0 aromatic heterocycles. The molecule has 2 aromatic rings. The van der Waals surface area contributed by atoms with E-state index in [1.165, 1.54) is 11.1 Å². The van der Waals surface area contributed by atoms with Crippen molar-refractivity contribution in [2.24, 2.45) is 0 Å². The maximum absolute atomic E-state index is 5.28. The second-order valence-electron chi connectivity index (χ2n) is 5.70. The van der Waals surface area contributed by atoms with Crippen molar-refractivity contribution in [2.45, 2.75) is 25.3 Å². The molecule has 2 rings (SSSR count). The molecule has 0 aliphatic heterocycles. The van der Waals surface area contributed by atoms with Crippen molar-refractivity contribution in [1.29, 1.82) is 0 Å². The van der Waals surface area contributed by atoms with E-state index >= 15 is 0 Å². The fourth-order valence-electron chi connectivity index (χ4n) is 2.81. The minimum Gasteiger partial charge on any atom is -0.497 e. The summed E-state index contributed by atoms with van der Waals surface area (Å²) in [6.45, 7) is 4.53. The van der Waals surface area contributed by atoms with E-state index in [2.05, 4.69) is 71.5 Å². The first-order valence-corrected chi connectivity index (χ1v) is 7.86. The van der Waals surface area contributed by atoms with Crippen LogP contribution >= 0.6 is 15.9 Å². The van der Waals surface area contributed by atoms with E-state index in [1.807, 2.05) is 19.2 Å². The third-order valence-electron chi connectivity index (χ3n) is 4.05. The lowest BCUT2D eigenvalue weighted by Crippen LogP contribution is -2.35. The molecule has 0 radical (unpaired) electrons. The van der Waals surface area contributed by atoms with Crippen LogP contribution in [0, 0.1) is 0 Å². The number of benzene rings is 2. The van der Waals surface area contributed by atoms with Crippen molar-refractivity contribution < 1.29 is 4.74 Å². The monoisotopic (exact) mass is 347 g/mol. The molecule has 0 spiro atoms. The van der Waals surface area contributed by atoms with Crippen molar-refractivity contribution in [3.63, 3.8) is 0 Å². The van der Waals surface area contributed by atoms with Gasteiger partial charge in [-0.05, 0) is 30.3 Å². The van der Waals surface area contributed by atoms with Gasteiger partial charge in [0.15, 0.2) is 0 Å². The zero-order chi connectivity index (χ0) is 15.5. The highest BCUT2D eigenvalue weighted by atomic mass is 79.9. The lowest BCUT2D eigenvalue weighted by atomic mass is 9.75. The number of likely N-dealkylation sites (N-methyl/N-ethyl adjacent to an activating group) is 1. The van der Waals surface area contributed by atoms with Gasteiger partial charge < -0.3 is 10.1 Å². The molecule has 0 saturated carbocycles. The Labute approximate surface area is 135 Å². The number of methoxy groups -OCH3 is 1. The van der Waals surface area contributed by atoms with E-state index in [9.17, 15) is 0 Å². The molecular weight excluding hydrogens is 326 g/mol. The molecule has 0 heterocycles.